The summed E-state index contributed by atoms with van der Waals surface area (Å²) in [6.45, 7) is 5.58. The lowest BCUT2D eigenvalue weighted by Crippen LogP contribution is -2.27. The number of ether oxygens (including phenoxy) is 1. The highest BCUT2D eigenvalue weighted by Crippen LogP contribution is 2.11. The van der Waals surface area contributed by atoms with Gasteiger partial charge in [0.05, 0.1) is 5.69 Å². The molecule has 1 heterocycles. The van der Waals surface area contributed by atoms with E-state index >= 15 is 0 Å². The first-order valence-electron chi connectivity index (χ1n) is 4.55. The Morgan fingerprint density at radius 2 is 2.33 bits per heavy atom. The maximum absolute atomic E-state index is 11.3. The van der Waals surface area contributed by atoms with Gasteiger partial charge in [-0.15, -0.1) is 0 Å². The molecule has 6 nitrogen and oxygen atoms in total. The van der Waals surface area contributed by atoms with Crippen LogP contribution >= 0.6 is 0 Å². The number of rotatable bonds is 2. The third kappa shape index (κ3) is 3.99. The highest BCUT2D eigenvalue weighted by molar-refractivity contribution is 5.82. The Hall–Kier alpha value is -1.56. The van der Waals surface area contributed by atoms with Crippen molar-refractivity contribution in [3.05, 3.63) is 12.0 Å². The van der Waals surface area contributed by atoms with E-state index in [4.69, 9.17) is 14.9 Å². The average molecular weight is 213 g/mol. The van der Waals surface area contributed by atoms with Gasteiger partial charge >= 0.3 is 12.1 Å². The van der Waals surface area contributed by atoms with Crippen LogP contribution in [0, 0.1) is 0 Å². The molecular formula is C9H15N3O3. The van der Waals surface area contributed by atoms with Gasteiger partial charge in [-0.2, -0.15) is 4.98 Å². The highest BCUT2D eigenvalue weighted by Gasteiger charge is 2.17. The van der Waals surface area contributed by atoms with Gasteiger partial charge in [0.1, 0.15) is 11.9 Å². The Kier molecular flexibility index (Phi) is 3.31. The molecule has 1 aromatic rings. The fraction of sp³-hybridized carbons (Fsp3) is 0.556. The summed E-state index contributed by atoms with van der Waals surface area (Å²) in [4.78, 5) is 15.2. The molecule has 0 unspecified atom stereocenters. The molecule has 6 heteroatoms. The molecule has 0 radical (unpaired) electrons. The van der Waals surface area contributed by atoms with Crippen molar-refractivity contribution >= 4 is 12.1 Å². The average Bonchev–Trinajstić information content (AvgIpc) is 2.48. The first-order chi connectivity index (χ1) is 6.90. The van der Waals surface area contributed by atoms with E-state index in [0.29, 0.717) is 5.69 Å². The minimum atomic E-state index is -0.604. The van der Waals surface area contributed by atoms with Gasteiger partial charge in [-0.3, -0.25) is 0 Å². The number of oxazole rings is 1. The van der Waals surface area contributed by atoms with Gasteiger partial charge in [-0.1, -0.05) is 0 Å². The molecule has 0 fully saturated rings. The van der Waals surface area contributed by atoms with Crippen LogP contribution in [0.15, 0.2) is 10.7 Å². The molecule has 84 valence electrons. The van der Waals surface area contributed by atoms with Crippen LogP contribution in [0.5, 0.6) is 0 Å². The van der Waals surface area contributed by atoms with Gasteiger partial charge in [0, 0.05) is 6.54 Å². The summed E-state index contributed by atoms with van der Waals surface area (Å²) in [5, 5.41) is 2.36. The fourth-order valence-electron chi connectivity index (χ4n) is 0.849. The van der Waals surface area contributed by atoms with Crippen LogP contribution in [0.25, 0.3) is 0 Å². The maximum atomic E-state index is 11.3. The van der Waals surface area contributed by atoms with E-state index in [0.717, 1.165) is 0 Å². The summed E-state index contributed by atoms with van der Waals surface area (Å²) >= 11 is 0. The van der Waals surface area contributed by atoms with E-state index in [2.05, 4.69) is 10.3 Å². The summed E-state index contributed by atoms with van der Waals surface area (Å²) in [7, 11) is 0. The molecule has 1 amide bonds. The number of amides is 1. The Labute approximate surface area is 87.8 Å². The van der Waals surface area contributed by atoms with Gasteiger partial charge in [0.25, 0.3) is 0 Å². The summed E-state index contributed by atoms with van der Waals surface area (Å²) in [6, 6.07) is 0.0877. The van der Waals surface area contributed by atoms with Gasteiger partial charge in [-0.25, -0.2) is 10.1 Å². The molecule has 0 aromatic carbocycles. The third-order valence-electron chi connectivity index (χ3n) is 1.37. The molecule has 1 rings (SSSR count). The van der Waals surface area contributed by atoms with Gasteiger partial charge in [0.2, 0.25) is 0 Å². The number of hydrogen-bond acceptors (Lipinski definition) is 5. The first kappa shape index (κ1) is 11.5. The standard InChI is InChI=1S/C9H15N3O3/c1-9(2,3)15-8(13)12-7-11-6(4-10)5-14-7/h5H,4,10H2,1-3H3,(H,11,12,13). The monoisotopic (exact) mass is 213 g/mol. The van der Waals surface area contributed by atoms with Crippen molar-refractivity contribution in [1.29, 1.82) is 0 Å². The number of nitrogens with two attached hydrogens (primary N) is 1. The van der Waals surface area contributed by atoms with Crippen molar-refractivity contribution < 1.29 is 13.9 Å². The van der Waals surface area contributed by atoms with Crippen LogP contribution in [0.2, 0.25) is 0 Å². The number of carbonyl (C=O) groups excluding carboxylic acids is 1. The van der Waals surface area contributed by atoms with E-state index in [-0.39, 0.29) is 12.6 Å². The second-order valence-electron chi connectivity index (χ2n) is 3.98. The topological polar surface area (TPSA) is 90.4 Å². The van der Waals surface area contributed by atoms with E-state index in [1.54, 1.807) is 20.8 Å². The molecule has 0 saturated carbocycles. The second-order valence-corrected chi connectivity index (χ2v) is 3.98. The van der Waals surface area contributed by atoms with Crippen LogP contribution in [0.3, 0.4) is 0 Å². The fourth-order valence-corrected chi connectivity index (χ4v) is 0.849. The Morgan fingerprint density at radius 1 is 1.67 bits per heavy atom. The minimum absolute atomic E-state index is 0.0877. The molecule has 1 aromatic heterocycles. The molecular weight excluding hydrogens is 198 g/mol. The van der Waals surface area contributed by atoms with Crippen LogP contribution < -0.4 is 11.1 Å². The van der Waals surface area contributed by atoms with Gasteiger partial charge in [-0.05, 0) is 20.8 Å². The third-order valence-corrected chi connectivity index (χ3v) is 1.37. The lowest BCUT2D eigenvalue weighted by Gasteiger charge is -2.18. The summed E-state index contributed by atoms with van der Waals surface area (Å²) < 4.78 is 9.94. The number of hydrogen-bond donors (Lipinski definition) is 2. The largest absolute Gasteiger partial charge is 0.443 e. The van der Waals surface area contributed by atoms with Crippen molar-refractivity contribution in [2.75, 3.05) is 5.32 Å². The Balaban J connectivity index is 2.51. The highest BCUT2D eigenvalue weighted by atomic mass is 16.6. The molecule has 0 atom stereocenters. The number of nitrogens with zero attached hydrogens (tertiary/aromatic N) is 1. The van der Waals surface area contributed by atoms with E-state index < -0.39 is 11.7 Å². The molecule has 0 spiro atoms. The van der Waals surface area contributed by atoms with Crippen molar-refractivity contribution in [3.8, 4) is 0 Å². The van der Waals surface area contributed by atoms with Crippen molar-refractivity contribution in [2.24, 2.45) is 5.73 Å². The van der Waals surface area contributed by atoms with E-state index in [1.165, 1.54) is 6.26 Å². The number of nitrogens with one attached hydrogen (secondary N) is 1. The maximum Gasteiger partial charge on any atom is 0.415 e. The van der Waals surface area contributed by atoms with Gasteiger partial charge in [0.15, 0.2) is 0 Å². The summed E-state index contributed by atoms with van der Waals surface area (Å²) in [5.41, 5.74) is 5.35. The van der Waals surface area contributed by atoms with E-state index in [9.17, 15) is 4.79 Å². The van der Waals surface area contributed by atoms with E-state index in [1.807, 2.05) is 0 Å². The van der Waals surface area contributed by atoms with Gasteiger partial charge < -0.3 is 14.9 Å². The van der Waals surface area contributed by atoms with Crippen molar-refractivity contribution in [2.45, 2.75) is 32.9 Å². The predicted molar refractivity (Wildman–Crippen MR) is 54.3 cm³/mol. The second kappa shape index (κ2) is 4.31. The normalized spacial score (nSPS) is 11.2. The molecule has 0 aliphatic rings. The molecule has 15 heavy (non-hydrogen) atoms. The predicted octanol–water partition coefficient (Wildman–Crippen LogP) is 1.48. The minimum Gasteiger partial charge on any atom is -0.443 e. The summed E-state index contributed by atoms with van der Waals surface area (Å²) in [6.07, 6.45) is 0.778. The zero-order chi connectivity index (χ0) is 11.5. The van der Waals surface area contributed by atoms with Crippen LogP contribution in [0.1, 0.15) is 26.5 Å². The first-order valence-corrected chi connectivity index (χ1v) is 4.55. The molecule has 0 aliphatic carbocycles. The Morgan fingerprint density at radius 3 is 2.80 bits per heavy atom. The number of anilines is 1. The molecule has 0 bridgehead atoms. The van der Waals surface area contributed by atoms with Crippen molar-refractivity contribution in [1.82, 2.24) is 4.98 Å². The van der Waals surface area contributed by atoms with Crippen LogP contribution in [-0.4, -0.2) is 16.7 Å². The number of aromatic nitrogens is 1. The van der Waals surface area contributed by atoms with Crippen LogP contribution in [0.4, 0.5) is 10.8 Å². The smallest absolute Gasteiger partial charge is 0.415 e. The Bertz CT molecular complexity index is 341. The lowest BCUT2D eigenvalue weighted by molar-refractivity contribution is 0.0632. The molecule has 3 N–H and O–H groups in total. The number of carbonyl (C=O) groups is 1. The summed E-state index contributed by atoms with van der Waals surface area (Å²) in [5.74, 6) is 0. The SMILES string of the molecule is CC(C)(C)OC(=O)Nc1nc(CN)co1. The zero-order valence-electron chi connectivity index (χ0n) is 9.03. The molecule has 0 aliphatic heterocycles. The van der Waals surface area contributed by atoms with Crippen LogP contribution in [-0.2, 0) is 11.3 Å². The molecule has 0 saturated heterocycles. The van der Waals surface area contributed by atoms with Crippen molar-refractivity contribution in [3.63, 3.8) is 0 Å². The quantitative estimate of drug-likeness (QED) is 0.776. The zero-order valence-corrected chi connectivity index (χ0v) is 9.03. The lowest BCUT2D eigenvalue weighted by atomic mass is 10.2.